The van der Waals surface area contributed by atoms with Crippen molar-refractivity contribution in [2.75, 3.05) is 11.9 Å². The van der Waals surface area contributed by atoms with Gasteiger partial charge in [0.05, 0.1) is 0 Å². The van der Waals surface area contributed by atoms with Crippen molar-refractivity contribution in [2.45, 2.75) is 6.42 Å². The first kappa shape index (κ1) is 11.1. The fraction of sp³-hybridized carbons (Fsp3) is 0.182. The zero-order valence-electron chi connectivity index (χ0n) is 9.09. The van der Waals surface area contributed by atoms with E-state index < -0.39 is 5.91 Å². The van der Waals surface area contributed by atoms with Crippen LogP contribution in [-0.2, 0) is 6.42 Å². The van der Waals surface area contributed by atoms with Gasteiger partial charge in [0, 0.05) is 18.7 Å². The molecule has 0 aliphatic carbocycles. The molecular formula is C11H12N4O2. The molecule has 1 amide bonds. The maximum absolute atomic E-state index is 10.7. The van der Waals surface area contributed by atoms with Crippen molar-refractivity contribution in [1.82, 2.24) is 10.1 Å². The predicted octanol–water partition coefficient (Wildman–Crippen LogP) is 0.823. The molecule has 6 heteroatoms. The number of para-hydroxylation sites is 1. The minimum absolute atomic E-state index is 0.0836. The van der Waals surface area contributed by atoms with Crippen molar-refractivity contribution in [1.29, 1.82) is 0 Å². The van der Waals surface area contributed by atoms with Crippen molar-refractivity contribution in [3.63, 3.8) is 0 Å². The highest BCUT2D eigenvalue weighted by Crippen LogP contribution is 2.05. The van der Waals surface area contributed by atoms with E-state index >= 15 is 0 Å². The second-order valence-corrected chi connectivity index (χ2v) is 3.42. The third kappa shape index (κ3) is 3.04. The Kier molecular flexibility index (Phi) is 3.34. The van der Waals surface area contributed by atoms with Gasteiger partial charge in [-0.15, -0.1) is 0 Å². The molecule has 0 atom stereocenters. The Morgan fingerprint density at radius 1 is 1.35 bits per heavy atom. The SMILES string of the molecule is NC(=O)c1noc(CCNc2ccccc2)n1. The summed E-state index contributed by atoms with van der Waals surface area (Å²) in [7, 11) is 0. The van der Waals surface area contributed by atoms with Crippen molar-refractivity contribution >= 4 is 11.6 Å². The van der Waals surface area contributed by atoms with Gasteiger partial charge in [0.15, 0.2) is 0 Å². The number of anilines is 1. The van der Waals surface area contributed by atoms with Crippen LogP contribution in [-0.4, -0.2) is 22.6 Å². The van der Waals surface area contributed by atoms with Crippen LogP contribution in [0.4, 0.5) is 5.69 Å². The number of hydrogen-bond acceptors (Lipinski definition) is 5. The second-order valence-electron chi connectivity index (χ2n) is 3.42. The van der Waals surface area contributed by atoms with E-state index in [0.717, 1.165) is 5.69 Å². The van der Waals surface area contributed by atoms with Crippen molar-refractivity contribution in [3.8, 4) is 0 Å². The van der Waals surface area contributed by atoms with Gasteiger partial charge in [-0.2, -0.15) is 4.98 Å². The van der Waals surface area contributed by atoms with Gasteiger partial charge in [-0.1, -0.05) is 23.4 Å². The fourth-order valence-electron chi connectivity index (χ4n) is 1.33. The summed E-state index contributed by atoms with van der Waals surface area (Å²) in [4.78, 5) is 14.6. The van der Waals surface area contributed by atoms with Crippen LogP contribution >= 0.6 is 0 Å². The number of nitrogens with one attached hydrogen (secondary N) is 1. The van der Waals surface area contributed by atoms with Gasteiger partial charge in [-0.25, -0.2) is 0 Å². The Morgan fingerprint density at radius 2 is 2.12 bits per heavy atom. The highest BCUT2D eigenvalue weighted by atomic mass is 16.5. The first-order chi connectivity index (χ1) is 8.25. The minimum atomic E-state index is -0.684. The van der Waals surface area contributed by atoms with Crippen LogP contribution in [0, 0.1) is 0 Å². The highest BCUT2D eigenvalue weighted by Gasteiger charge is 2.10. The lowest BCUT2D eigenvalue weighted by Crippen LogP contribution is -2.13. The fourth-order valence-corrected chi connectivity index (χ4v) is 1.33. The topological polar surface area (TPSA) is 94.0 Å². The summed E-state index contributed by atoms with van der Waals surface area (Å²) >= 11 is 0. The molecule has 0 unspecified atom stereocenters. The Bertz CT molecular complexity index is 495. The lowest BCUT2D eigenvalue weighted by molar-refractivity contribution is 0.0987. The number of primary amides is 1. The number of hydrogen-bond donors (Lipinski definition) is 2. The number of carbonyl (C=O) groups is 1. The molecule has 2 rings (SSSR count). The molecule has 0 radical (unpaired) electrons. The second kappa shape index (κ2) is 5.11. The third-order valence-corrected chi connectivity index (χ3v) is 2.13. The molecule has 0 aliphatic heterocycles. The van der Waals surface area contributed by atoms with Gasteiger partial charge in [0.25, 0.3) is 11.7 Å². The molecule has 1 aromatic carbocycles. The summed E-state index contributed by atoms with van der Waals surface area (Å²) < 4.78 is 4.86. The maximum Gasteiger partial charge on any atom is 0.290 e. The van der Waals surface area contributed by atoms with Crippen LogP contribution in [0.1, 0.15) is 16.5 Å². The smallest absolute Gasteiger partial charge is 0.290 e. The quantitative estimate of drug-likeness (QED) is 0.796. The van der Waals surface area contributed by atoms with E-state index in [4.69, 9.17) is 10.3 Å². The Labute approximate surface area is 97.8 Å². The van der Waals surface area contributed by atoms with Crippen LogP contribution in [0.15, 0.2) is 34.9 Å². The van der Waals surface area contributed by atoms with Crippen LogP contribution in [0.25, 0.3) is 0 Å². The molecule has 2 aromatic rings. The van der Waals surface area contributed by atoms with E-state index in [1.165, 1.54) is 0 Å². The van der Waals surface area contributed by atoms with Crippen LogP contribution in [0.3, 0.4) is 0 Å². The average molecular weight is 232 g/mol. The van der Waals surface area contributed by atoms with Crippen LogP contribution in [0.5, 0.6) is 0 Å². The van der Waals surface area contributed by atoms with E-state index in [2.05, 4.69) is 15.5 Å². The minimum Gasteiger partial charge on any atom is -0.385 e. The lowest BCUT2D eigenvalue weighted by Gasteiger charge is -2.02. The van der Waals surface area contributed by atoms with Gasteiger partial charge in [-0.05, 0) is 12.1 Å². The summed E-state index contributed by atoms with van der Waals surface area (Å²) in [6.07, 6.45) is 0.537. The normalized spacial score (nSPS) is 10.1. The van der Waals surface area contributed by atoms with E-state index in [1.807, 2.05) is 30.3 Å². The molecule has 0 saturated carbocycles. The number of rotatable bonds is 5. The Hall–Kier alpha value is -2.37. The van der Waals surface area contributed by atoms with Crippen LogP contribution in [0.2, 0.25) is 0 Å². The van der Waals surface area contributed by atoms with Gasteiger partial charge in [-0.3, -0.25) is 4.79 Å². The lowest BCUT2D eigenvalue weighted by atomic mass is 10.3. The molecule has 0 saturated heterocycles. The zero-order chi connectivity index (χ0) is 12.1. The van der Waals surface area contributed by atoms with Crippen LogP contribution < -0.4 is 11.1 Å². The van der Waals surface area contributed by atoms with Crippen molar-refractivity contribution < 1.29 is 9.32 Å². The van der Waals surface area contributed by atoms with E-state index in [-0.39, 0.29) is 5.82 Å². The van der Waals surface area contributed by atoms with Gasteiger partial charge < -0.3 is 15.6 Å². The molecule has 1 heterocycles. The highest BCUT2D eigenvalue weighted by molar-refractivity contribution is 5.88. The summed E-state index contributed by atoms with van der Waals surface area (Å²) in [6.45, 7) is 0.643. The molecule has 0 aliphatic rings. The molecule has 6 nitrogen and oxygen atoms in total. The zero-order valence-corrected chi connectivity index (χ0v) is 9.09. The third-order valence-electron chi connectivity index (χ3n) is 2.13. The summed E-state index contributed by atoms with van der Waals surface area (Å²) in [5.74, 6) is -0.377. The number of benzene rings is 1. The molecule has 0 bridgehead atoms. The molecule has 0 spiro atoms. The van der Waals surface area contributed by atoms with Crippen molar-refractivity contribution in [3.05, 3.63) is 42.0 Å². The van der Waals surface area contributed by atoms with Gasteiger partial charge in [0.1, 0.15) is 0 Å². The number of nitrogens with two attached hydrogens (primary N) is 1. The Balaban J connectivity index is 1.84. The van der Waals surface area contributed by atoms with Gasteiger partial charge >= 0.3 is 0 Å². The monoisotopic (exact) mass is 232 g/mol. The maximum atomic E-state index is 10.7. The Morgan fingerprint density at radius 3 is 2.76 bits per heavy atom. The van der Waals surface area contributed by atoms with E-state index in [9.17, 15) is 4.79 Å². The molecular weight excluding hydrogens is 220 g/mol. The summed E-state index contributed by atoms with van der Waals surface area (Å²) in [6, 6.07) is 9.76. The standard InChI is InChI=1S/C11H12N4O2/c12-10(16)11-14-9(17-15-11)6-7-13-8-4-2-1-3-5-8/h1-5,13H,6-7H2,(H2,12,16). The number of amides is 1. The number of aromatic nitrogens is 2. The number of nitrogens with zero attached hydrogens (tertiary/aromatic N) is 2. The molecule has 88 valence electrons. The molecule has 3 N–H and O–H groups in total. The summed E-state index contributed by atoms with van der Waals surface area (Å²) in [5.41, 5.74) is 6.02. The number of carbonyl (C=O) groups excluding carboxylic acids is 1. The molecule has 17 heavy (non-hydrogen) atoms. The first-order valence-electron chi connectivity index (χ1n) is 5.17. The molecule has 0 fully saturated rings. The van der Waals surface area contributed by atoms with Crippen molar-refractivity contribution in [2.24, 2.45) is 5.73 Å². The predicted molar refractivity (Wildman–Crippen MR) is 61.5 cm³/mol. The average Bonchev–Trinajstić information content (AvgIpc) is 2.79. The van der Waals surface area contributed by atoms with E-state index in [0.29, 0.717) is 18.9 Å². The van der Waals surface area contributed by atoms with Gasteiger partial charge in [0.2, 0.25) is 5.89 Å². The largest absolute Gasteiger partial charge is 0.385 e. The summed E-state index contributed by atoms with van der Waals surface area (Å²) in [5, 5.41) is 6.64. The van der Waals surface area contributed by atoms with E-state index in [1.54, 1.807) is 0 Å². The molecule has 1 aromatic heterocycles. The first-order valence-corrected chi connectivity index (χ1v) is 5.17.